The fraction of sp³-hybridized carbons (Fsp3) is 0.500. The van der Waals surface area contributed by atoms with Crippen LogP contribution in [-0.2, 0) is 9.53 Å². The van der Waals surface area contributed by atoms with Crippen LogP contribution in [0.4, 0.5) is 5.95 Å². The Hall–Kier alpha value is -1.73. The Labute approximate surface area is 155 Å². The first-order valence-corrected chi connectivity index (χ1v) is 9.54. The van der Waals surface area contributed by atoms with Crippen molar-refractivity contribution in [2.45, 2.75) is 12.8 Å². The average molecular weight is 405 g/mol. The Morgan fingerprint density at radius 1 is 1.24 bits per heavy atom. The van der Waals surface area contributed by atoms with E-state index in [0.717, 1.165) is 34.8 Å². The predicted octanol–water partition coefficient (Wildman–Crippen LogP) is 2.47. The molecule has 1 atom stereocenters. The number of benzene rings is 1. The van der Waals surface area contributed by atoms with Crippen LogP contribution >= 0.6 is 15.9 Å². The van der Waals surface area contributed by atoms with E-state index in [2.05, 4.69) is 25.8 Å². The molecule has 2 aliphatic rings. The van der Waals surface area contributed by atoms with Crippen LogP contribution in [0.1, 0.15) is 12.8 Å². The minimum absolute atomic E-state index is 0.0241. The summed E-state index contributed by atoms with van der Waals surface area (Å²) in [6.07, 6.45) is 3.78. The highest BCUT2D eigenvalue weighted by Crippen LogP contribution is 2.25. The summed E-state index contributed by atoms with van der Waals surface area (Å²) in [5.41, 5.74) is 0.926. The number of hydrogen-bond donors (Lipinski definition) is 0. The molecule has 0 spiro atoms. The number of rotatable bonds is 2. The second kappa shape index (κ2) is 7.25. The maximum atomic E-state index is 12.8. The van der Waals surface area contributed by atoms with Crippen LogP contribution in [0.15, 0.2) is 28.9 Å². The molecule has 4 rings (SSSR count). The molecule has 0 N–H and O–H groups in total. The zero-order valence-electron chi connectivity index (χ0n) is 14.0. The van der Waals surface area contributed by atoms with Crippen LogP contribution in [0.3, 0.4) is 0 Å². The highest BCUT2D eigenvalue weighted by molar-refractivity contribution is 9.10. The van der Waals surface area contributed by atoms with E-state index >= 15 is 0 Å². The molecular formula is C18H21BrN4O2. The third kappa shape index (κ3) is 3.62. The number of carbonyl (C=O) groups is 1. The van der Waals surface area contributed by atoms with Gasteiger partial charge in [0.2, 0.25) is 11.9 Å². The largest absolute Gasteiger partial charge is 0.378 e. The Bertz CT molecular complexity index is 779. The summed E-state index contributed by atoms with van der Waals surface area (Å²) in [6, 6.07) is 5.99. The Balaban J connectivity index is 1.50. The van der Waals surface area contributed by atoms with Crippen LogP contribution in [0, 0.1) is 5.92 Å². The summed E-state index contributed by atoms with van der Waals surface area (Å²) in [5.74, 6) is 0.989. The first-order valence-electron chi connectivity index (χ1n) is 8.74. The molecule has 0 radical (unpaired) electrons. The van der Waals surface area contributed by atoms with E-state index in [1.807, 2.05) is 29.3 Å². The minimum atomic E-state index is 0.0241. The van der Waals surface area contributed by atoms with Crippen molar-refractivity contribution in [3.63, 3.8) is 0 Å². The number of ether oxygens (including phenoxy) is 1. The van der Waals surface area contributed by atoms with Gasteiger partial charge in [-0.05, 0) is 31.0 Å². The highest BCUT2D eigenvalue weighted by Gasteiger charge is 2.31. The van der Waals surface area contributed by atoms with E-state index < -0.39 is 0 Å². The van der Waals surface area contributed by atoms with Crippen LogP contribution in [0.5, 0.6) is 0 Å². The van der Waals surface area contributed by atoms with Crippen LogP contribution in [0.2, 0.25) is 0 Å². The molecule has 2 fully saturated rings. The topological polar surface area (TPSA) is 58.6 Å². The summed E-state index contributed by atoms with van der Waals surface area (Å²) >= 11 is 3.47. The van der Waals surface area contributed by atoms with Crippen molar-refractivity contribution >= 4 is 38.7 Å². The Morgan fingerprint density at radius 3 is 2.92 bits per heavy atom. The van der Waals surface area contributed by atoms with Gasteiger partial charge in [0, 0.05) is 42.2 Å². The molecule has 1 unspecified atom stereocenters. The Morgan fingerprint density at radius 2 is 2.08 bits per heavy atom. The van der Waals surface area contributed by atoms with Crippen molar-refractivity contribution in [2.75, 3.05) is 44.3 Å². The van der Waals surface area contributed by atoms with E-state index in [0.29, 0.717) is 38.8 Å². The van der Waals surface area contributed by atoms with E-state index in [-0.39, 0.29) is 11.8 Å². The van der Waals surface area contributed by atoms with Gasteiger partial charge in [0.1, 0.15) is 0 Å². The van der Waals surface area contributed by atoms with E-state index in [1.54, 1.807) is 0 Å². The van der Waals surface area contributed by atoms with Crippen LogP contribution < -0.4 is 4.90 Å². The second-order valence-corrected chi connectivity index (χ2v) is 7.51. The molecule has 7 heteroatoms. The maximum Gasteiger partial charge on any atom is 0.227 e. The van der Waals surface area contributed by atoms with Gasteiger partial charge in [-0.15, -0.1) is 0 Å². The summed E-state index contributed by atoms with van der Waals surface area (Å²) in [7, 11) is 0. The molecule has 3 heterocycles. The SMILES string of the molecule is O=C(C1CCCN(c2ncc3cc(Br)ccc3n2)C1)N1CCOCC1. The van der Waals surface area contributed by atoms with E-state index in [9.17, 15) is 4.79 Å². The normalized spacial score (nSPS) is 21.6. The molecular weight excluding hydrogens is 384 g/mol. The molecule has 1 amide bonds. The summed E-state index contributed by atoms with van der Waals surface area (Å²) in [4.78, 5) is 26.1. The first-order chi connectivity index (χ1) is 12.2. The number of anilines is 1. The number of aromatic nitrogens is 2. The number of nitrogens with zero attached hydrogens (tertiary/aromatic N) is 4. The zero-order valence-corrected chi connectivity index (χ0v) is 15.6. The van der Waals surface area contributed by atoms with Crippen LogP contribution in [-0.4, -0.2) is 60.2 Å². The number of carbonyl (C=O) groups excluding carboxylic acids is 1. The highest BCUT2D eigenvalue weighted by atomic mass is 79.9. The number of hydrogen-bond acceptors (Lipinski definition) is 5. The number of piperidine rings is 1. The van der Waals surface area contributed by atoms with Gasteiger partial charge < -0.3 is 14.5 Å². The van der Waals surface area contributed by atoms with Crippen molar-refractivity contribution in [2.24, 2.45) is 5.92 Å². The molecule has 2 saturated heterocycles. The number of fused-ring (bicyclic) bond motifs is 1. The molecule has 0 aliphatic carbocycles. The lowest BCUT2D eigenvalue weighted by atomic mass is 9.96. The number of amides is 1. The lowest BCUT2D eigenvalue weighted by Gasteiger charge is -2.36. The van der Waals surface area contributed by atoms with Gasteiger partial charge >= 0.3 is 0 Å². The van der Waals surface area contributed by atoms with Crippen molar-refractivity contribution in [1.82, 2.24) is 14.9 Å². The summed E-state index contributed by atoms with van der Waals surface area (Å²) in [6.45, 7) is 4.29. The van der Waals surface area contributed by atoms with Gasteiger partial charge in [0.05, 0.1) is 24.6 Å². The third-order valence-corrected chi connectivity index (χ3v) is 5.40. The molecule has 2 aliphatic heterocycles. The molecule has 1 aromatic heterocycles. The minimum Gasteiger partial charge on any atom is -0.378 e. The molecule has 132 valence electrons. The van der Waals surface area contributed by atoms with Gasteiger partial charge in [-0.1, -0.05) is 15.9 Å². The van der Waals surface area contributed by atoms with Crippen LogP contribution in [0.25, 0.3) is 10.9 Å². The van der Waals surface area contributed by atoms with Crippen molar-refractivity contribution < 1.29 is 9.53 Å². The van der Waals surface area contributed by atoms with Crippen molar-refractivity contribution in [3.8, 4) is 0 Å². The van der Waals surface area contributed by atoms with Gasteiger partial charge in [0.15, 0.2) is 0 Å². The standard InChI is InChI=1S/C18H21BrN4O2/c19-15-3-4-16-14(10-15)11-20-18(21-16)23-5-1-2-13(12-23)17(24)22-6-8-25-9-7-22/h3-4,10-11,13H,1-2,5-9,12H2. The molecule has 2 aromatic rings. The number of morpholine rings is 1. The molecule has 0 saturated carbocycles. The van der Waals surface area contributed by atoms with E-state index in [1.165, 1.54) is 0 Å². The Kier molecular flexibility index (Phi) is 4.85. The zero-order chi connectivity index (χ0) is 17.2. The third-order valence-electron chi connectivity index (χ3n) is 4.91. The maximum absolute atomic E-state index is 12.8. The van der Waals surface area contributed by atoms with Gasteiger partial charge in [-0.25, -0.2) is 9.97 Å². The predicted molar refractivity (Wildman–Crippen MR) is 99.6 cm³/mol. The van der Waals surface area contributed by atoms with E-state index in [4.69, 9.17) is 9.72 Å². The fourth-order valence-corrected chi connectivity index (χ4v) is 3.93. The van der Waals surface area contributed by atoms with Gasteiger partial charge in [-0.2, -0.15) is 0 Å². The summed E-state index contributed by atoms with van der Waals surface area (Å²) in [5, 5.41) is 1.01. The molecule has 1 aromatic carbocycles. The fourth-order valence-electron chi connectivity index (χ4n) is 3.55. The lowest BCUT2D eigenvalue weighted by Crippen LogP contribution is -2.48. The monoisotopic (exact) mass is 404 g/mol. The smallest absolute Gasteiger partial charge is 0.227 e. The average Bonchev–Trinajstić information content (AvgIpc) is 2.68. The van der Waals surface area contributed by atoms with Gasteiger partial charge in [0.25, 0.3) is 0 Å². The molecule has 6 nitrogen and oxygen atoms in total. The second-order valence-electron chi connectivity index (χ2n) is 6.60. The summed E-state index contributed by atoms with van der Waals surface area (Å²) < 4.78 is 6.37. The lowest BCUT2D eigenvalue weighted by molar-refractivity contribution is -0.139. The first kappa shape index (κ1) is 16.7. The quantitative estimate of drug-likeness (QED) is 0.769. The number of halogens is 1. The molecule has 0 bridgehead atoms. The van der Waals surface area contributed by atoms with Crippen molar-refractivity contribution in [3.05, 3.63) is 28.9 Å². The molecule has 25 heavy (non-hydrogen) atoms. The van der Waals surface area contributed by atoms with Gasteiger partial charge in [-0.3, -0.25) is 4.79 Å². The van der Waals surface area contributed by atoms with Crippen molar-refractivity contribution in [1.29, 1.82) is 0 Å².